The number of nitrogens with one attached hydrogen (secondary N) is 1. The Bertz CT molecular complexity index is 1150. The van der Waals surface area contributed by atoms with Crippen molar-refractivity contribution in [1.82, 2.24) is 0 Å². The summed E-state index contributed by atoms with van der Waals surface area (Å²) in [4.78, 5) is -2.38. The Balaban J connectivity index is 3.11. The van der Waals surface area contributed by atoms with Crippen LogP contribution in [0.5, 0.6) is 0 Å². The van der Waals surface area contributed by atoms with Gasteiger partial charge in [-0.2, -0.15) is 25.3 Å². The van der Waals surface area contributed by atoms with Crippen molar-refractivity contribution in [1.29, 1.82) is 0 Å². The third kappa shape index (κ3) is 3.50. The van der Waals surface area contributed by atoms with E-state index in [1.807, 2.05) is 0 Å². The van der Waals surface area contributed by atoms with Crippen LogP contribution in [-0.4, -0.2) is 46.0 Å². The van der Waals surface area contributed by atoms with Crippen molar-refractivity contribution >= 4 is 46.8 Å². The zero-order chi connectivity index (χ0) is 18.5. The first kappa shape index (κ1) is 18.6. The van der Waals surface area contributed by atoms with Gasteiger partial charge in [0.25, 0.3) is 30.4 Å². The Kier molecular flexibility index (Phi) is 4.37. The molecule has 0 heterocycles. The van der Waals surface area contributed by atoms with E-state index in [2.05, 4.69) is 5.32 Å². The van der Waals surface area contributed by atoms with Gasteiger partial charge in [0.15, 0.2) is 0 Å². The van der Waals surface area contributed by atoms with Crippen LogP contribution in [0.15, 0.2) is 39.0 Å². The van der Waals surface area contributed by atoms with Gasteiger partial charge in [0.1, 0.15) is 9.79 Å². The first-order valence-corrected chi connectivity index (χ1v) is 10.3. The molecule has 13 heteroatoms. The average Bonchev–Trinajstić information content (AvgIpc) is 2.41. The topological polar surface area (TPSA) is 175 Å². The molecule has 0 aliphatic carbocycles. The predicted octanol–water partition coefficient (Wildman–Crippen LogP) is 0.622. The lowest BCUT2D eigenvalue weighted by Gasteiger charge is -2.12. The fraction of sp³-hybridized carbons (Fsp3) is 0.0909. The summed E-state index contributed by atoms with van der Waals surface area (Å²) in [6.07, 6.45) is 0. The average molecular weight is 397 g/mol. The molecule has 0 aliphatic rings. The number of anilines is 1. The Morgan fingerprint density at radius 3 is 1.71 bits per heavy atom. The molecule has 0 bridgehead atoms. The molecule has 132 valence electrons. The molecule has 2 aromatic carbocycles. The van der Waals surface area contributed by atoms with Crippen LogP contribution in [0.25, 0.3) is 10.8 Å². The first-order valence-electron chi connectivity index (χ1n) is 5.97. The van der Waals surface area contributed by atoms with Gasteiger partial charge < -0.3 is 5.32 Å². The van der Waals surface area contributed by atoms with Gasteiger partial charge in [-0.15, -0.1) is 0 Å². The highest BCUT2D eigenvalue weighted by Gasteiger charge is 2.23. The highest BCUT2D eigenvalue weighted by atomic mass is 32.2. The van der Waals surface area contributed by atoms with Gasteiger partial charge in [0, 0.05) is 12.4 Å². The van der Waals surface area contributed by atoms with Gasteiger partial charge in [-0.25, -0.2) is 0 Å². The lowest BCUT2D eigenvalue weighted by Crippen LogP contribution is -2.07. The molecule has 0 aromatic heterocycles. The minimum Gasteiger partial charge on any atom is -0.387 e. The van der Waals surface area contributed by atoms with Crippen LogP contribution in [0.4, 0.5) is 5.69 Å². The van der Waals surface area contributed by atoms with E-state index in [0.29, 0.717) is 6.07 Å². The van der Waals surface area contributed by atoms with Crippen LogP contribution >= 0.6 is 0 Å². The monoisotopic (exact) mass is 397 g/mol. The number of benzene rings is 2. The van der Waals surface area contributed by atoms with E-state index < -0.39 is 45.0 Å². The smallest absolute Gasteiger partial charge is 0.296 e. The molecular formula is C11H11NO9S3. The summed E-state index contributed by atoms with van der Waals surface area (Å²) in [5, 5.41) is 1.95. The Hall–Kier alpha value is -1.77. The molecule has 0 amide bonds. The molecule has 4 N–H and O–H groups in total. The summed E-state index contributed by atoms with van der Waals surface area (Å²) in [5.41, 5.74) is -0.186. The molecule has 0 fully saturated rings. The van der Waals surface area contributed by atoms with Crippen LogP contribution in [0.1, 0.15) is 0 Å². The maximum absolute atomic E-state index is 11.5. The van der Waals surface area contributed by atoms with E-state index in [-0.39, 0.29) is 16.5 Å². The summed E-state index contributed by atoms with van der Waals surface area (Å²) in [7, 11) is -13.2. The standard InChI is InChI=1S/C11H11NO9S3/c1-12-9-5-8-6(3-11(9)24(19,20)21)2-7(22(13,14)15)4-10(8)23(16,17)18/h2-5,12H,1H3,(H,13,14,15)(H,16,17,18)(H,19,20,21). The van der Waals surface area contributed by atoms with Gasteiger partial charge in [-0.3, -0.25) is 13.7 Å². The van der Waals surface area contributed by atoms with Crippen LogP contribution < -0.4 is 5.32 Å². The molecule has 0 saturated heterocycles. The fourth-order valence-corrected chi connectivity index (χ4v) is 4.16. The summed E-state index contributed by atoms with van der Waals surface area (Å²) in [5.74, 6) is 0. The molecular weight excluding hydrogens is 386 g/mol. The predicted molar refractivity (Wildman–Crippen MR) is 82.9 cm³/mol. The van der Waals surface area contributed by atoms with Crippen LogP contribution in [-0.2, 0) is 30.4 Å². The zero-order valence-electron chi connectivity index (χ0n) is 11.8. The van der Waals surface area contributed by atoms with Gasteiger partial charge >= 0.3 is 0 Å². The number of hydrogen-bond donors (Lipinski definition) is 4. The highest BCUT2D eigenvalue weighted by Crippen LogP contribution is 2.33. The second-order valence-corrected chi connectivity index (χ2v) is 8.87. The number of hydrogen-bond acceptors (Lipinski definition) is 7. The lowest BCUT2D eigenvalue weighted by atomic mass is 10.1. The van der Waals surface area contributed by atoms with Crippen molar-refractivity contribution in [3.05, 3.63) is 24.3 Å². The van der Waals surface area contributed by atoms with Gasteiger partial charge in [-0.1, -0.05) is 0 Å². The number of fused-ring (bicyclic) bond motifs is 1. The van der Waals surface area contributed by atoms with Crippen LogP contribution in [0.3, 0.4) is 0 Å². The van der Waals surface area contributed by atoms with Crippen molar-refractivity contribution in [3.63, 3.8) is 0 Å². The molecule has 0 aliphatic heterocycles. The molecule has 0 atom stereocenters. The van der Waals surface area contributed by atoms with Crippen molar-refractivity contribution in [2.75, 3.05) is 12.4 Å². The second kappa shape index (κ2) is 5.65. The maximum Gasteiger partial charge on any atom is 0.296 e. The van der Waals surface area contributed by atoms with Crippen molar-refractivity contribution in [2.24, 2.45) is 0 Å². The molecule has 0 unspecified atom stereocenters. The van der Waals surface area contributed by atoms with E-state index in [4.69, 9.17) is 4.55 Å². The van der Waals surface area contributed by atoms with Crippen LogP contribution in [0.2, 0.25) is 0 Å². The minimum atomic E-state index is -4.90. The van der Waals surface area contributed by atoms with Crippen molar-refractivity contribution in [2.45, 2.75) is 14.7 Å². The van der Waals surface area contributed by atoms with Gasteiger partial charge in [0.2, 0.25) is 0 Å². The van der Waals surface area contributed by atoms with Crippen molar-refractivity contribution < 1.29 is 38.9 Å². The highest BCUT2D eigenvalue weighted by molar-refractivity contribution is 7.87. The van der Waals surface area contributed by atoms with E-state index in [9.17, 15) is 34.4 Å². The third-order valence-electron chi connectivity index (χ3n) is 3.11. The second-order valence-electron chi connectivity index (χ2n) is 4.67. The SMILES string of the molecule is CNc1cc2c(S(=O)(=O)O)cc(S(=O)(=O)O)cc2cc1S(=O)(=O)O. The normalized spacial score (nSPS) is 13.2. The summed E-state index contributed by atoms with van der Waals surface area (Å²) < 4.78 is 95.9. The largest absolute Gasteiger partial charge is 0.387 e. The Labute approximate surface area is 137 Å². The Morgan fingerprint density at radius 2 is 1.29 bits per heavy atom. The summed E-state index contributed by atoms with van der Waals surface area (Å²) in [6.45, 7) is 0. The first-order chi connectivity index (χ1) is 10.7. The van der Waals surface area contributed by atoms with Crippen molar-refractivity contribution in [3.8, 4) is 0 Å². The van der Waals surface area contributed by atoms with E-state index >= 15 is 0 Å². The lowest BCUT2D eigenvalue weighted by molar-refractivity contribution is 0.480. The van der Waals surface area contributed by atoms with Crippen LogP contribution in [0, 0.1) is 0 Å². The van der Waals surface area contributed by atoms with Gasteiger partial charge in [0.05, 0.1) is 10.6 Å². The Morgan fingerprint density at radius 1 is 0.750 bits per heavy atom. The molecule has 0 saturated carbocycles. The van der Waals surface area contributed by atoms with Gasteiger partial charge in [-0.05, 0) is 29.7 Å². The summed E-state index contributed by atoms with van der Waals surface area (Å²) >= 11 is 0. The molecule has 0 radical (unpaired) electrons. The zero-order valence-corrected chi connectivity index (χ0v) is 14.3. The van der Waals surface area contributed by atoms with E-state index in [1.165, 1.54) is 7.05 Å². The summed E-state index contributed by atoms with van der Waals surface area (Å²) in [6, 6.07) is 3.13. The third-order valence-corrected chi connectivity index (χ3v) is 5.73. The molecule has 10 nitrogen and oxygen atoms in total. The maximum atomic E-state index is 11.5. The molecule has 0 spiro atoms. The fourth-order valence-electron chi connectivity index (χ4n) is 2.10. The van der Waals surface area contributed by atoms with E-state index in [1.54, 1.807) is 0 Å². The molecule has 2 rings (SSSR count). The quantitative estimate of drug-likeness (QED) is 0.535. The minimum absolute atomic E-state index is 0.186. The number of rotatable bonds is 4. The van der Waals surface area contributed by atoms with E-state index in [0.717, 1.165) is 18.2 Å². The molecule has 24 heavy (non-hydrogen) atoms. The molecule has 2 aromatic rings.